The largest absolute Gasteiger partial charge is 0.324 e. The lowest BCUT2D eigenvalue weighted by Crippen LogP contribution is -2.37. The molecule has 1 aromatic carbocycles. The van der Waals surface area contributed by atoms with Crippen molar-refractivity contribution in [3.05, 3.63) is 35.6 Å². The molecule has 0 radical (unpaired) electrons. The Kier molecular flexibility index (Phi) is 4.72. The van der Waals surface area contributed by atoms with Gasteiger partial charge in [0.1, 0.15) is 5.82 Å². The zero-order valence-electron chi connectivity index (χ0n) is 11.1. The predicted molar refractivity (Wildman–Crippen MR) is 72.8 cm³/mol. The van der Waals surface area contributed by atoms with Gasteiger partial charge in [-0.2, -0.15) is 0 Å². The molecule has 0 amide bonds. The summed E-state index contributed by atoms with van der Waals surface area (Å²) in [5.74, 6) is 0.0931. The second-order valence-electron chi connectivity index (χ2n) is 5.39. The van der Waals surface area contributed by atoms with Crippen LogP contribution < -0.4 is 5.73 Å². The van der Waals surface area contributed by atoms with Crippen LogP contribution in [0.15, 0.2) is 24.3 Å². The van der Waals surface area contributed by atoms with Crippen molar-refractivity contribution >= 4 is 0 Å². The Morgan fingerprint density at radius 2 is 1.89 bits per heavy atom. The number of nitrogens with zero attached hydrogens (tertiary/aromatic N) is 1. The third kappa shape index (κ3) is 3.30. The quantitative estimate of drug-likeness (QED) is 0.890. The van der Waals surface area contributed by atoms with Crippen molar-refractivity contribution in [2.45, 2.75) is 32.2 Å². The summed E-state index contributed by atoms with van der Waals surface area (Å²) >= 11 is 0. The lowest BCUT2D eigenvalue weighted by Gasteiger charge is -2.31. The number of hydrogen-bond acceptors (Lipinski definition) is 2. The van der Waals surface area contributed by atoms with E-state index in [4.69, 9.17) is 5.73 Å². The zero-order valence-corrected chi connectivity index (χ0v) is 11.1. The van der Waals surface area contributed by atoms with Gasteiger partial charge in [-0.05, 0) is 37.9 Å². The van der Waals surface area contributed by atoms with Gasteiger partial charge in [-0.1, -0.05) is 31.5 Å². The molecule has 0 saturated carbocycles. The molecule has 1 aliphatic rings. The van der Waals surface area contributed by atoms with Gasteiger partial charge in [0.05, 0.1) is 0 Å². The monoisotopic (exact) mass is 250 g/mol. The van der Waals surface area contributed by atoms with E-state index >= 15 is 0 Å². The fourth-order valence-corrected chi connectivity index (χ4v) is 2.71. The van der Waals surface area contributed by atoms with Crippen molar-refractivity contribution in [1.82, 2.24) is 4.90 Å². The van der Waals surface area contributed by atoms with E-state index in [9.17, 15) is 4.39 Å². The molecule has 1 aromatic rings. The van der Waals surface area contributed by atoms with E-state index in [1.807, 2.05) is 6.07 Å². The molecule has 2 rings (SSSR count). The van der Waals surface area contributed by atoms with Gasteiger partial charge in [-0.15, -0.1) is 0 Å². The summed E-state index contributed by atoms with van der Waals surface area (Å²) in [7, 11) is 0. The molecule has 1 aliphatic heterocycles. The van der Waals surface area contributed by atoms with Crippen LogP contribution >= 0.6 is 0 Å². The third-order valence-corrected chi connectivity index (χ3v) is 3.87. The van der Waals surface area contributed by atoms with E-state index in [1.165, 1.54) is 25.3 Å². The topological polar surface area (TPSA) is 29.3 Å². The van der Waals surface area contributed by atoms with Crippen LogP contribution in [0.5, 0.6) is 0 Å². The van der Waals surface area contributed by atoms with Gasteiger partial charge in [0, 0.05) is 18.2 Å². The number of likely N-dealkylation sites (tertiary alicyclic amines) is 1. The molecule has 0 spiro atoms. The molecule has 1 heterocycles. The SMILES string of the molecule is CC(CN1CCCCC1)C(N)c1ccccc1F. The Bertz CT molecular complexity index is 375. The lowest BCUT2D eigenvalue weighted by molar-refractivity contribution is 0.189. The molecule has 100 valence electrons. The summed E-state index contributed by atoms with van der Waals surface area (Å²) in [5.41, 5.74) is 6.83. The van der Waals surface area contributed by atoms with Crippen molar-refractivity contribution in [2.75, 3.05) is 19.6 Å². The first-order valence-electron chi connectivity index (χ1n) is 6.91. The molecular formula is C15H23FN2. The smallest absolute Gasteiger partial charge is 0.127 e. The zero-order chi connectivity index (χ0) is 13.0. The number of rotatable bonds is 4. The Hall–Kier alpha value is -0.930. The van der Waals surface area contributed by atoms with Gasteiger partial charge in [0.15, 0.2) is 0 Å². The maximum atomic E-state index is 13.7. The maximum absolute atomic E-state index is 13.7. The highest BCUT2D eigenvalue weighted by molar-refractivity contribution is 5.21. The van der Waals surface area contributed by atoms with E-state index in [0.717, 1.165) is 19.6 Å². The van der Waals surface area contributed by atoms with Gasteiger partial charge >= 0.3 is 0 Å². The number of halogens is 1. The summed E-state index contributed by atoms with van der Waals surface area (Å²) in [5, 5.41) is 0. The highest BCUT2D eigenvalue weighted by Gasteiger charge is 2.21. The average Bonchev–Trinajstić information content (AvgIpc) is 2.39. The molecule has 2 unspecified atom stereocenters. The fraction of sp³-hybridized carbons (Fsp3) is 0.600. The van der Waals surface area contributed by atoms with E-state index < -0.39 is 0 Å². The number of piperidine rings is 1. The van der Waals surface area contributed by atoms with Gasteiger partial charge in [0.2, 0.25) is 0 Å². The Morgan fingerprint density at radius 3 is 2.56 bits per heavy atom. The normalized spacial score (nSPS) is 20.6. The third-order valence-electron chi connectivity index (χ3n) is 3.87. The minimum Gasteiger partial charge on any atom is -0.324 e. The van der Waals surface area contributed by atoms with Crippen LogP contribution in [0.1, 0.15) is 37.8 Å². The molecule has 2 nitrogen and oxygen atoms in total. The fourth-order valence-electron chi connectivity index (χ4n) is 2.71. The second-order valence-corrected chi connectivity index (χ2v) is 5.39. The van der Waals surface area contributed by atoms with E-state index in [-0.39, 0.29) is 17.8 Å². The molecule has 1 saturated heterocycles. The van der Waals surface area contributed by atoms with Gasteiger partial charge < -0.3 is 10.6 Å². The molecule has 2 N–H and O–H groups in total. The summed E-state index contributed by atoms with van der Waals surface area (Å²) < 4.78 is 13.7. The van der Waals surface area contributed by atoms with Crippen LogP contribution in [-0.2, 0) is 0 Å². The van der Waals surface area contributed by atoms with Crippen LogP contribution in [0.25, 0.3) is 0 Å². The van der Waals surface area contributed by atoms with E-state index in [0.29, 0.717) is 5.56 Å². The Labute approximate surface area is 109 Å². The van der Waals surface area contributed by atoms with Crippen LogP contribution in [0.3, 0.4) is 0 Å². The second kappa shape index (κ2) is 6.30. The Morgan fingerprint density at radius 1 is 1.22 bits per heavy atom. The van der Waals surface area contributed by atoms with Crippen LogP contribution in [0.4, 0.5) is 4.39 Å². The standard InChI is InChI=1S/C15H23FN2/c1-12(11-18-9-5-2-6-10-18)15(17)13-7-3-4-8-14(13)16/h3-4,7-8,12,15H,2,5-6,9-11,17H2,1H3. The van der Waals surface area contributed by atoms with Crippen molar-refractivity contribution in [3.63, 3.8) is 0 Å². The number of benzene rings is 1. The molecule has 0 aromatic heterocycles. The molecule has 2 atom stereocenters. The summed E-state index contributed by atoms with van der Waals surface area (Å²) in [6, 6.07) is 6.63. The minimum absolute atomic E-state index is 0.185. The summed E-state index contributed by atoms with van der Waals surface area (Å²) in [6.45, 7) is 5.41. The first-order valence-corrected chi connectivity index (χ1v) is 6.91. The van der Waals surface area contributed by atoms with Crippen molar-refractivity contribution < 1.29 is 4.39 Å². The lowest BCUT2D eigenvalue weighted by atomic mass is 9.94. The average molecular weight is 250 g/mol. The highest BCUT2D eigenvalue weighted by atomic mass is 19.1. The number of hydrogen-bond donors (Lipinski definition) is 1. The van der Waals surface area contributed by atoms with E-state index in [2.05, 4.69) is 11.8 Å². The highest BCUT2D eigenvalue weighted by Crippen LogP contribution is 2.23. The molecule has 1 fully saturated rings. The van der Waals surface area contributed by atoms with E-state index in [1.54, 1.807) is 12.1 Å². The first-order chi connectivity index (χ1) is 8.68. The molecule has 3 heteroatoms. The van der Waals surface area contributed by atoms with Crippen molar-refractivity contribution in [2.24, 2.45) is 11.7 Å². The summed E-state index contributed by atoms with van der Waals surface area (Å²) in [4.78, 5) is 2.45. The maximum Gasteiger partial charge on any atom is 0.127 e. The van der Waals surface area contributed by atoms with Gasteiger partial charge in [-0.25, -0.2) is 4.39 Å². The molecule has 0 aliphatic carbocycles. The van der Waals surface area contributed by atoms with Crippen LogP contribution in [0, 0.1) is 11.7 Å². The predicted octanol–water partition coefficient (Wildman–Crippen LogP) is 2.95. The number of nitrogens with two attached hydrogens (primary N) is 1. The minimum atomic E-state index is -0.215. The molecule has 0 bridgehead atoms. The van der Waals surface area contributed by atoms with Gasteiger partial charge in [0.25, 0.3) is 0 Å². The Balaban J connectivity index is 1.95. The van der Waals surface area contributed by atoms with Crippen LogP contribution in [0.2, 0.25) is 0 Å². The van der Waals surface area contributed by atoms with Crippen molar-refractivity contribution in [3.8, 4) is 0 Å². The van der Waals surface area contributed by atoms with Gasteiger partial charge in [-0.3, -0.25) is 0 Å². The van der Waals surface area contributed by atoms with Crippen LogP contribution in [-0.4, -0.2) is 24.5 Å². The van der Waals surface area contributed by atoms with Crippen molar-refractivity contribution in [1.29, 1.82) is 0 Å². The first kappa shape index (κ1) is 13.5. The molecule has 18 heavy (non-hydrogen) atoms. The summed E-state index contributed by atoms with van der Waals surface area (Å²) in [6.07, 6.45) is 3.90. The molecular weight excluding hydrogens is 227 g/mol.